The second-order valence-electron chi connectivity index (χ2n) is 5.97. The summed E-state index contributed by atoms with van der Waals surface area (Å²) in [4.78, 5) is 22.7. The van der Waals surface area contributed by atoms with E-state index >= 15 is 0 Å². The first-order valence-corrected chi connectivity index (χ1v) is 7.62. The summed E-state index contributed by atoms with van der Waals surface area (Å²) < 4.78 is 11.6. The largest absolute Gasteiger partial charge is 0.478 e. The second-order valence-corrected chi connectivity index (χ2v) is 5.97. The van der Waals surface area contributed by atoms with Gasteiger partial charge in [-0.05, 0) is 43.6 Å². The fourth-order valence-electron chi connectivity index (χ4n) is 2.63. The molecule has 0 bridgehead atoms. The molecule has 23 heavy (non-hydrogen) atoms. The van der Waals surface area contributed by atoms with Crippen LogP contribution in [0.4, 0.5) is 0 Å². The smallest absolute Gasteiger partial charge is 0.328 e. The van der Waals surface area contributed by atoms with E-state index in [-0.39, 0.29) is 17.8 Å². The molecular formula is C18H22O5. The molecule has 3 unspecified atom stereocenters. The van der Waals surface area contributed by atoms with Crippen LogP contribution in [-0.4, -0.2) is 35.9 Å². The minimum Gasteiger partial charge on any atom is -0.478 e. The molecule has 0 radical (unpaired) electrons. The number of hydrogen-bond acceptors (Lipinski definition) is 4. The van der Waals surface area contributed by atoms with Gasteiger partial charge >= 0.3 is 5.97 Å². The Labute approximate surface area is 136 Å². The first-order valence-electron chi connectivity index (χ1n) is 7.62. The lowest BCUT2D eigenvalue weighted by atomic mass is 9.80. The van der Waals surface area contributed by atoms with E-state index in [1.807, 2.05) is 6.92 Å². The van der Waals surface area contributed by atoms with E-state index in [9.17, 15) is 9.59 Å². The molecule has 2 aliphatic rings. The van der Waals surface area contributed by atoms with Crippen LogP contribution in [0.15, 0.2) is 47.6 Å². The van der Waals surface area contributed by atoms with Gasteiger partial charge < -0.3 is 14.6 Å². The number of ketones is 1. The Morgan fingerprint density at radius 2 is 2.26 bits per heavy atom. The number of aliphatic carboxylic acids is 1. The number of ether oxygens (including phenoxy) is 2. The molecule has 0 saturated heterocycles. The molecule has 5 nitrogen and oxygen atoms in total. The van der Waals surface area contributed by atoms with Crippen molar-refractivity contribution in [2.24, 2.45) is 5.92 Å². The van der Waals surface area contributed by atoms with Gasteiger partial charge in [-0.3, -0.25) is 4.79 Å². The predicted molar refractivity (Wildman–Crippen MR) is 85.8 cm³/mol. The average Bonchev–Trinajstić information content (AvgIpc) is 2.46. The maximum absolute atomic E-state index is 11.9. The van der Waals surface area contributed by atoms with E-state index < -0.39 is 12.3 Å². The molecule has 0 aromatic heterocycles. The van der Waals surface area contributed by atoms with Crippen molar-refractivity contribution in [3.63, 3.8) is 0 Å². The summed E-state index contributed by atoms with van der Waals surface area (Å²) in [6.07, 6.45) is 6.38. The highest BCUT2D eigenvalue weighted by atomic mass is 16.7. The van der Waals surface area contributed by atoms with Crippen molar-refractivity contribution < 1.29 is 24.2 Å². The summed E-state index contributed by atoms with van der Waals surface area (Å²) in [6.45, 7) is 8.00. The molecule has 0 fully saturated rings. The van der Waals surface area contributed by atoms with Crippen LogP contribution in [0.3, 0.4) is 0 Å². The molecule has 0 saturated carbocycles. The topological polar surface area (TPSA) is 72.8 Å². The lowest BCUT2D eigenvalue weighted by Crippen LogP contribution is -2.38. The summed E-state index contributed by atoms with van der Waals surface area (Å²) in [7, 11) is 0. The third kappa shape index (κ3) is 4.74. The molecule has 1 aliphatic heterocycles. The number of carboxylic acids is 1. The maximum atomic E-state index is 11.9. The molecule has 0 spiro atoms. The normalized spacial score (nSPS) is 27.4. The van der Waals surface area contributed by atoms with E-state index in [1.165, 1.54) is 6.08 Å². The van der Waals surface area contributed by atoms with E-state index in [4.69, 9.17) is 14.6 Å². The molecule has 0 aromatic carbocycles. The van der Waals surface area contributed by atoms with Gasteiger partial charge in [-0.15, -0.1) is 6.58 Å². The van der Waals surface area contributed by atoms with Gasteiger partial charge in [0.2, 0.25) is 0 Å². The minimum atomic E-state index is -1.03. The number of carbonyl (C=O) groups excluding carboxylic acids is 1. The van der Waals surface area contributed by atoms with E-state index in [0.717, 1.165) is 23.6 Å². The monoisotopic (exact) mass is 318 g/mol. The number of fused-ring (bicyclic) bond motifs is 1. The molecule has 5 heteroatoms. The number of allylic oxidation sites excluding steroid dienone is 2. The van der Waals surface area contributed by atoms with Gasteiger partial charge in [-0.2, -0.15) is 0 Å². The van der Waals surface area contributed by atoms with Crippen LogP contribution in [-0.2, 0) is 19.1 Å². The standard InChI is InChI=1S/C18H22O5/c1-11(2)6-7-22-18-9-13(4-5-17(20)21)14-10-15(19)12(3)8-16(14)23-18/h4-5,8-9,14,16,18H,1,6-7,10H2,2-3H3,(H,20,21)/b5-4+. The number of carbonyl (C=O) groups is 2. The Balaban J connectivity index is 2.18. The van der Waals surface area contributed by atoms with Crippen LogP contribution in [0.5, 0.6) is 0 Å². The fourth-order valence-corrected chi connectivity index (χ4v) is 2.63. The van der Waals surface area contributed by atoms with Gasteiger partial charge in [-0.25, -0.2) is 4.79 Å². The number of carboxylic acid groups (broad SMARTS) is 1. The van der Waals surface area contributed by atoms with Crippen LogP contribution in [0.2, 0.25) is 0 Å². The lowest BCUT2D eigenvalue weighted by molar-refractivity contribution is -0.152. The molecule has 1 N–H and O–H groups in total. The molecular weight excluding hydrogens is 296 g/mol. The van der Waals surface area contributed by atoms with Crippen LogP contribution >= 0.6 is 0 Å². The van der Waals surface area contributed by atoms with Crippen molar-refractivity contribution in [1.82, 2.24) is 0 Å². The van der Waals surface area contributed by atoms with Gasteiger partial charge in [0.1, 0.15) is 0 Å². The minimum absolute atomic E-state index is 0.0612. The third-order valence-electron chi connectivity index (χ3n) is 3.93. The van der Waals surface area contributed by atoms with Crippen molar-refractivity contribution in [2.75, 3.05) is 6.61 Å². The molecule has 2 rings (SSSR count). The molecule has 3 atom stereocenters. The van der Waals surface area contributed by atoms with Crippen molar-refractivity contribution in [2.45, 2.75) is 39.1 Å². The van der Waals surface area contributed by atoms with Gasteiger partial charge in [0, 0.05) is 18.4 Å². The Morgan fingerprint density at radius 3 is 2.91 bits per heavy atom. The number of Topliss-reactive ketones (excluding diaryl/α,β-unsaturated/α-hetero) is 1. The Kier molecular flexibility index (Phi) is 5.69. The van der Waals surface area contributed by atoms with Gasteiger partial charge in [0.05, 0.1) is 12.7 Å². The second kappa shape index (κ2) is 7.53. The zero-order valence-corrected chi connectivity index (χ0v) is 13.5. The third-order valence-corrected chi connectivity index (χ3v) is 3.93. The maximum Gasteiger partial charge on any atom is 0.328 e. The highest BCUT2D eigenvalue weighted by molar-refractivity contribution is 5.96. The first-order chi connectivity index (χ1) is 10.9. The molecule has 0 aromatic rings. The summed E-state index contributed by atoms with van der Waals surface area (Å²) in [6, 6.07) is 0. The SMILES string of the molecule is C=C(C)CCOC1C=C(/C=C/C(=O)O)C2CC(=O)C(C)=CC2O1. The van der Waals surface area contributed by atoms with Crippen LogP contribution in [0, 0.1) is 5.92 Å². The van der Waals surface area contributed by atoms with Crippen LogP contribution in [0.1, 0.15) is 26.7 Å². The van der Waals surface area contributed by atoms with E-state index in [0.29, 0.717) is 18.6 Å². The number of rotatable bonds is 6. The van der Waals surface area contributed by atoms with Gasteiger partial charge in [-0.1, -0.05) is 11.6 Å². The molecule has 124 valence electrons. The summed E-state index contributed by atoms with van der Waals surface area (Å²) >= 11 is 0. The Bertz CT molecular complexity index is 597. The summed E-state index contributed by atoms with van der Waals surface area (Å²) in [5, 5.41) is 8.84. The highest BCUT2D eigenvalue weighted by Gasteiger charge is 2.36. The number of hydrogen-bond donors (Lipinski definition) is 1. The lowest BCUT2D eigenvalue weighted by Gasteiger charge is -2.36. The fraction of sp³-hybridized carbons (Fsp3) is 0.444. The van der Waals surface area contributed by atoms with E-state index in [2.05, 4.69) is 6.58 Å². The van der Waals surface area contributed by atoms with Gasteiger partial charge in [0.25, 0.3) is 0 Å². The van der Waals surface area contributed by atoms with Gasteiger partial charge in [0.15, 0.2) is 12.1 Å². The van der Waals surface area contributed by atoms with Crippen molar-refractivity contribution in [3.05, 3.63) is 47.6 Å². The molecule has 1 heterocycles. The first kappa shape index (κ1) is 17.4. The zero-order chi connectivity index (χ0) is 17.0. The molecule has 1 aliphatic carbocycles. The highest BCUT2D eigenvalue weighted by Crippen LogP contribution is 2.35. The van der Waals surface area contributed by atoms with Crippen LogP contribution < -0.4 is 0 Å². The average molecular weight is 318 g/mol. The van der Waals surface area contributed by atoms with Crippen molar-refractivity contribution >= 4 is 11.8 Å². The zero-order valence-electron chi connectivity index (χ0n) is 13.5. The summed E-state index contributed by atoms with van der Waals surface area (Å²) in [5.41, 5.74) is 2.46. The Hall–Kier alpha value is -1.98. The van der Waals surface area contributed by atoms with Crippen molar-refractivity contribution in [3.8, 4) is 0 Å². The quantitative estimate of drug-likeness (QED) is 0.602. The van der Waals surface area contributed by atoms with Crippen molar-refractivity contribution in [1.29, 1.82) is 0 Å². The Morgan fingerprint density at radius 1 is 1.52 bits per heavy atom. The molecule has 0 amide bonds. The van der Waals surface area contributed by atoms with Crippen LogP contribution in [0.25, 0.3) is 0 Å². The predicted octanol–water partition coefficient (Wildman–Crippen LogP) is 2.80. The van der Waals surface area contributed by atoms with E-state index in [1.54, 1.807) is 19.1 Å². The summed E-state index contributed by atoms with van der Waals surface area (Å²) in [5.74, 6) is -1.13.